The summed E-state index contributed by atoms with van der Waals surface area (Å²) in [5.41, 5.74) is 1.49. The molecule has 0 radical (unpaired) electrons. The van der Waals surface area contributed by atoms with Crippen molar-refractivity contribution in [3.8, 4) is 11.5 Å². The number of rotatable bonds is 8. The number of ether oxygens (including phenoxy) is 2. The highest BCUT2D eigenvalue weighted by Gasteiger charge is 2.18. The molecule has 0 aliphatic carbocycles. The van der Waals surface area contributed by atoms with E-state index in [-0.39, 0.29) is 11.2 Å². The fourth-order valence-corrected chi connectivity index (χ4v) is 4.24. The maximum absolute atomic E-state index is 12.5. The number of amides is 1. The second kappa shape index (κ2) is 9.43. The molecule has 2 aromatic carbocycles. The summed E-state index contributed by atoms with van der Waals surface area (Å²) in [5, 5.41) is 14.7. The highest BCUT2D eigenvalue weighted by atomic mass is 32.2. The zero-order chi connectivity index (χ0) is 19.9. The Kier molecular flexibility index (Phi) is 6.72. The van der Waals surface area contributed by atoms with Crippen LogP contribution in [-0.4, -0.2) is 35.6 Å². The highest BCUT2D eigenvalue weighted by Crippen LogP contribution is 2.32. The monoisotopic (exact) mass is 416 g/mol. The summed E-state index contributed by atoms with van der Waals surface area (Å²) in [6.45, 7) is 1.83. The Labute approximate surface area is 171 Å². The van der Waals surface area contributed by atoms with Crippen molar-refractivity contribution >= 4 is 45.5 Å². The van der Waals surface area contributed by atoms with Crippen molar-refractivity contribution in [2.45, 2.75) is 16.5 Å². The molecule has 0 unspecified atom stereocenters. The Morgan fingerprint density at radius 1 is 1.11 bits per heavy atom. The lowest BCUT2D eigenvalue weighted by molar-refractivity contribution is -0.115. The first kappa shape index (κ1) is 20.0. The van der Waals surface area contributed by atoms with Crippen molar-refractivity contribution in [3.05, 3.63) is 48.5 Å². The van der Waals surface area contributed by atoms with E-state index in [1.54, 1.807) is 26.4 Å². The van der Waals surface area contributed by atoms with Gasteiger partial charge in [0.25, 0.3) is 0 Å². The molecule has 2 N–H and O–H groups in total. The zero-order valence-electron chi connectivity index (χ0n) is 15.6. The molecule has 0 saturated heterocycles. The second-order valence-corrected chi connectivity index (χ2v) is 8.25. The largest absolute Gasteiger partial charge is 0.497 e. The number of thioether (sulfide) groups is 1. The smallest absolute Gasteiger partial charge is 0.237 e. The Balaban J connectivity index is 1.60. The predicted octanol–water partition coefficient (Wildman–Crippen LogP) is 4.42. The minimum atomic E-state index is -0.345. The summed E-state index contributed by atoms with van der Waals surface area (Å²) in [7, 11) is 3.19. The van der Waals surface area contributed by atoms with E-state index in [9.17, 15) is 4.79 Å². The third-order valence-electron chi connectivity index (χ3n) is 3.74. The average molecular weight is 417 g/mol. The van der Waals surface area contributed by atoms with E-state index in [1.165, 1.54) is 23.1 Å². The van der Waals surface area contributed by atoms with Crippen molar-refractivity contribution in [3.63, 3.8) is 0 Å². The molecule has 28 heavy (non-hydrogen) atoms. The standard InChI is InChI=1S/C19H20N4O3S2/c1-12(17(24)21-15-9-4-5-10-16(15)26-3)27-19-23-22-18(28-19)20-13-7-6-8-14(11-13)25-2/h4-12H,1-3H3,(H,20,22)(H,21,24)/t12-/m1/s1. The molecule has 0 spiro atoms. The summed E-state index contributed by atoms with van der Waals surface area (Å²) < 4.78 is 11.2. The number of nitrogens with zero attached hydrogens (tertiary/aromatic N) is 2. The lowest BCUT2D eigenvalue weighted by Gasteiger charge is -2.12. The number of aromatic nitrogens is 2. The van der Waals surface area contributed by atoms with Crippen LogP contribution >= 0.6 is 23.1 Å². The van der Waals surface area contributed by atoms with Gasteiger partial charge < -0.3 is 20.1 Å². The summed E-state index contributed by atoms with van der Waals surface area (Å²) in [6.07, 6.45) is 0. The SMILES string of the molecule is COc1cccc(Nc2nnc(S[C@H](C)C(=O)Nc3ccccc3OC)s2)c1. The number of carbonyl (C=O) groups excluding carboxylic acids is 1. The number of para-hydroxylation sites is 2. The van der Waals surface area contributed by atoms with Crippen molar-refractivity contribution in [2.24, 2.45) is 0 Å². The van der Waals surface area contributed by atoms with E-state index in [1.807, 2.05) is 43.3 Å². The molecule has 0 fully saturated rings. The summed E-state index contributed by atoms with van der Waals surface area (Å²) in [5.74, 6) is 1.24. The number of anilines is 3. The Hall–Kier alpha value is -2.78. The van der Waals surface area contributed by atoms with Crippen molar-refractivity contribution < 1.29 is 14.3 Å². The van der Waals surface area contributed by atoms with Gasteiger partial charge in [0.05, 0.1) is 25.2 Å². The Morgan fingerprint density at radius 3 is 2.71 bits per heavy atom. The Morgan fingerprint density at radius 2 is 1.93 bits per heavy atom. The third kappa shape index (κ3) is 5.14. The number of nitrogens with one attached hydrogen (secondary N) is 2. The van der Waals surface area contributed by atoms with E-state index in [2.05, 4.69) is 20.8 Å². The first-order chi connectivity index (χ1) is 13.6. The molecule has 1 heterocycles. The number of hydrogen-bond acceptors (Lipinski definition) is 8. The summed E-state index contributed by atoms with van der Waals surface area (Å²) in [6, 6.07) is 14.8. The molecule has 0 aliphatic rings. The lowest BCUT2D eigenvalue weighted by atomic mass is 10.3. The molecular weight excluding hydrogens is 396 g/mol. The molecule has 0 aliphatic heterocycles. The maximum Gasteiger partial charge on any atom is 0.237 e. The topological polar surface area (TPSA) is 85.4 Å². The molecule has 0 saturated carbocycles. The van der Waals surface area contributed by atoms with Gasteiger partial charge in [0.15, 0.2) is 4.34 Å². The summed E-state index contributed by atoms with van der Waals surface area (Å²) in [4.78, 5) is 12.5. The lowest BCUT2D eigenvalue weighted by Crippen LogP contribution is -2.22. The van der Waals surface area contributed by atoms with Gasteiger partial charge in [-0.1, -0.05) is 41.3 Å². The van der Waals surface area contributed by atoms with E-state index >= 15 is 0 Å². The van der Waals surface area contributed by atoms with Crippen molar-refractivity contribution in [2.75, 3.05) is 24.9 Å². The number of benzene rings is 2. The van der Waals surface area contributed by atoms with E-state index in [0.29, 0.717) is 20.9 Å². The van der Waals surface area contributed by atoms with Crippen LogP contribution in [0.5, 0.6) is 11.5 Å². The van der Waals surface area contributed by atoms with E-state index in [0.717, 1.165) is 11.4 Å². The van der Waals surface area contributed by atoms with E-state index < -0.39 is 0 Å². The van der Waals surface area contributed by atoms with Crippen LogP contribution in [0, 0.1) is 0 Å². The van der Waals surface area contributed by atoms with Crippen LogP contribution in [0.1, 0.15) is 6.92 Å². The fraction of sp³-hybridized carbons (Fsp3) is 0.211. The van der Waals surface area contributed by atoms with Gasteiger partial charge in [-0.05, 0) is 31.2 Å². The van der Waals surface area contributed by atoms with E-state index in [4.69, 9.17) is 9.47 Å². The van der Waals surface area contributed by atoms with Crippen LogP contribution in [0.4, 0.5) is 16.5 Å². The maximum atomic E-state index is 12.5. The molecule has 9 heteroatoms. The van der Waals surface area contributed by atoms with Crippen LogP contribution in [0.3, 0.4) is 0 Å². The second-order valence-electron chi connectivity index (χ2n) is 5.68. The quantitative estimate of drug-likeness (QED) is 0.526. The van der Waals surface area contributed by atoms with Gasteiger partial charge in [0, 0.05) is 11.8 Å². The molecule has 1 atom stereocenters. The van der Waals surface area contributed by atoms with Gasteiger partial charge >= 0.3 is 0 Å². The van der Waals surface area contributed by atoms with Gasteiger partial charge in [0.2, 0.25) is 11.0 Å². The van der Waals surface area contributed by atoms with Crippen LogP contribution in [0.15, 0.2) is 52.9 Å². The van der Waals surface area contributed by atoms with Gasteiger partial charge in [-0.25, -0.2) is 0 Å². The number of carbonyl (C=O) groups is 1. The number of methoxy groups -OCH3 is 2. The van der Waals surface area contributed by atoms with Gasteiger partial charge in [-0.3, -0.25) is 4.79 Å². The molecule has 0 bridgehead atoms. The minimum Gasteiger partial charge on any atom is -0.497 e. The van der Waals surface area contributed by atoms with Gasteiger partial charge in [-0.15, -0.1) is 10.2 Å². The van der Waals surface area contributed by atoms with Crippen molar-refractivity contribution in [1.29, 1.82) is 0 Å². The number of hydrogen-bond donors (Lipinski definition) is 2. The first-order valence-corrected chi connectivity index (χ1v) is 10.1. The molecular formula is C19H20N4O3S2. The first-order valence-electron chi connectivity index (χ1n) is 8.44. The average Bonchev–Trinajstić information content (AvgIpc) is 3.15. The summed E-state index contributed by atoms with van der Waals surface area (Å²) >= 11 is 2.74. The molecule has 3 aromatic rings. The molecule has 3 rings (SSSR count). The molecule has 1 amide bonds. The predicted molar refractivity (Wildman–Crippen MR) is 113 cm³/mol. The zero-order valence-corrected chi connectivity index (χ0v) is 17.3. The minimum absolute atomic E-state index is 0.132. The third-order valence-corrected chi connectivity index (χ3v) is 5.76. The van der Waals surface area contributed by atoms with Gasteiger partial charge in [0.1, 0.15) is 11.5 Å². The van der Waals surface area contributed by atoms with Crippen LogP contribution in [0.2, 0.25) is 0 Å². The normalized spacial score (nSPS) is 11.5. The van der Waals surface area contributed by atoms with Gasteiger partial charge in [-0.2, -0.15) is 0 Å². The Bertz CT molecular complexity index is 948. The van der Waals surface area contributed by atoms with Crippen molar-refractivity contribution in [1.82, 2.24) is 10.2 Å². The molecule has 1 aromatic heterocycles. The molecule has 146 valence electrons. The molecule has 7 nitrogen and oxygen atoms in total. The fourth-order valence-electron chi connectivity index (χ4n) is 2.32. The highest BCUT2D eigenvalue weighted by molar-refractivity contribution is 8.02. The van der Waals surface area contributed by atoms with Crippen LogP contribution in [0.25, 0.3) is 0 Å². The van der Waals surface area contributed by atoms with Crippen LogP contribution in [-0.2, 0) is 4.79 Å². The van der Waals surface area contributed by atoms with Crippen LogP contribution < -0.4 is 20.1 Å².